The van der Waals surface area contributed by atoms with Gasteiger partial charge in [-0.25, -0.2) is 0 Å². The lowest BCUT2D eigenvalue weighted by molar-refractivity contribution is -0.116. The van der Waals surface area contributed by atoms with Gasteiger partial charge in [-0.05, 0) is 36.6 Å². The van der Waals surface area contributed by atoms with Crippen LogP contribution in [0.25, 0.3) is 0 Å². The first-order valence-electron chi connectivity index (χ1n) is 8.22. The van der Waals surface area contributed by atoms with Crippen LogP contribution in [0.4, 0.5) is 5.69 Å². The molecule has 2 amide bonds. The highest BCUT2D eigenvalue weighted by molar-refractivity contribution is 6.04. The predicted molar refractivity (Wildman–Crippen MR) is 99.1 cm³/mol. The maximum Gasteiger partial charge on any atom is 0.257 e. The molecule has 0 saturated heterocycles. The molecule has 0 bridgehead atoms. The van der Waals surface area contributed by atoms with Gasteiger partial charge in [0.05, 0.1) is 5.56 Å². The zero-order chi connectivity index (χ0) is 18.2. The van der Waals surface area contributed by atoms with E-state index in [2.05, 4.69) is 15.6 Å². The first-order valence-corrected chi connectivity index (χ1v) is 8.22. The average Bonchev–Trinajstić information content (AvgIpc) is 2.61. The van der Waals surface area contributed by atoms with Crippen LogP contribution in [-0.2, 0) is 11.3 Å². The topological polar surface area (TPSA) is 71.1 Å². The van der Waals surface area contributed by atoms with Crippen LogP contribution in [0.5, 0.6) is 0 Å². The van der Waals surface area contributed by atoms with E-state index in [4.69, 9.17) is 0 Å². The van der Waals surface area contributed by atoms with Gasteiger partial charge in [-0.15, -0.1) is 0 Å². The van der Waals surface area contributed by atoms with Gasteiger partial charge >= 0.3 is 0 Å². The van der Waals surface area contributed by atoms with Crippen LogP contribution in [0.2, 0.25) is 0 Å². The quantitative estimate of drug-likeness (QED) is 0.792. The number of rotatable bonds is 6. The van der Waals surface area contributed by atoms with Crippen molar-refractivity contribution in [3.63, 3.8) is 0 Å². The fraction of sp³-hybridized carbons (Fsp3) is 0.250. The lowest BCUT2D eigenvalue weighted by atomic mass is 10.1. The lowest BCUT2D eigenvalue weighted by Crippen LogP contribution is -2.22. The number of hydrogen-bond acceptors (Lipinski definition) is 3. The number of para-hydroxylation sites is 1. The van der Waals surface area contributed by atoms with Crippen molar-refractivity contribution in [2.24, 2.45) is 5.92 Å². The highest BCUT2D eigenvalue weighted by Crippen LogP contribution is 2.16. The summed E-state index contributed by atoms with van der Waals surface area (Å²) in [5, 5.41) is 5.72. The zero-order valence-corrected chi connectivity index (χ0v) is 14.7. The molecule has 2 rings (SSSR count). The molecule has 0 aliphatic heterocycles. The van der Waals surface area contributed by atoms with Gasteiger partial charge < -0.3 is 10.6 Å². The van der Waals surface area contributed by atoms with Crippen LogP contribution in [0, 0.1) is 5.92 Å². The van der Waals surface area contributed by atoms with Crippen molar-refractivity contribution in [1.29, 1.82) is 0 Å². The van der Waals surface area contributed by atoms with Crippen molar-refractivity contribution in [3.8, 4) is 0 Å². The van der Waals surface area contributed by atoms with Gasteiger partial charge in [-0.2, -0.15) is 0 Å². The Labute approximate surface area is 148 Å². The molecule has 1 aromatic heterocycles. The smallest absolute Gasteiger partial charge is 0.257 e. The molecular formula is C20H23N3O2. The van der Waals surface area contributed by atoms with Crippen molar-refractivity contribution in [3.05, 3.63) is 71.6 Å². The maximum absolute atomic E-state index is 12.3. The highest BCUT2D eigenvalue weighted by Gasteiger charge is 2.09. The number of nitrogens with one attached hydrogen (secondary N) is 2. The lowest BCUT2D eigenvalue weighted by Gasteiger charge is -2.12. The number of amides is 2. The Morgan fingerprint density at radius 3 is 2.60 bits per heavy atom. The number of benzene rings is 1. The molecule has 0 unspecified atom stereocenters. The Balaban J connectivity index is 2.04. The van der Waals surface area contributed by atoms with E-state index in [9.17, 15) is 9.59 Å². The summed E-state index contributed by atoms with van der Waals surface area (Å²) in [6.45, 7) is 6.36. The van der Waals surface area contributed by atoms with E-state index in [1.54, 1.807) is 24.4 Å². The minimum absolute atomic E-state index is 0.139. The van der Waals surface area contributed by atoms with Gasteiger partial charge in [-0.3, -0.25) is 14.6 Å². The number of pyridine rings is 1. The van der Waals surface area contributed by atoms with Gasteiger partial charge in [0, 0.05) is 30.7 Å². The monoisotopic (exact) mass is 337 g/mol. The summed E-state index contributed by atoms with van der Waals surface area (Å²) in [6, 6.07) is 10.8. The molecule has 25 heavy (non-hydrogen) atoms. The molecule has 0 fully saturated rings. The number of hydrogen-bond donors (Lipinski definition) is 2. The van der Waals surface area contributed by atoms with Crippen molar-refractivity contribution in [2.45, 2.75) is 27.3 Å². The molecule has 5 nitrogen and oxygen atoms in total. The first kappa shape index (κ1) is 18.4. The molecule has 130 valence electrons. The van der Waals surface area contributed by atoms with E-state index in [1.807, 2.05) is 45.0 Å². The van der Waals surface area contributed by atoms with Gasteiger partial charge in [0.25, 0.3) is 5.91 Å². The third kappa shape index (κ3) is 5.57. The molecule has 1 heterocycles. The van der Waals surface area contributed by atoms with Crippen LogP contribution < -0.4 is 10.6 Å². The van der Waals surface area contributed by atoms with Crippen LogP contribution in [0.3, 0.4) is 0 Å². The van der Waals surface area contributed by atoms with Crippen LogP contribution >= 0.6 is 0 Å². The third-order valence-electron chi connectivity index (χ3n) is 3.91. The van der Waals surface area contributed by atoms with E-state index in [0.717, 1.165) is 11.1 Å². The van der Waals surface area contributed by atoms with Crippen molar-refractivity contribution in [2.75, 3.05) is 5.32 Å². The summed E-state index contributed by atoms with van der Waals surface area (Å²) in [7, 11) is 0. The van der Waals surface area contributed by atoms with Crippen LogP contribution in [-0.4, -0.2) is 16.8 Å². The van der Waals surface area contributed by atoms with Crippen molar-refractivity contribution in [1.82, 2.24) is 10.3 Å². The number of carbonyl (C=O) groups excluding carboxylic acids is 2. The minimum Gasteiger partial charge on any atom is -0.348 e. The Morgan fingerprint density at radius 1 is 1.16 bits per heavy atom. The molecule has 0 spiro atoms. The fourth-order valence-electron chi connectivity index (χ4n) is 2.09. The summed E-state index contributed by atoms with van der Waals surface area (Å²) in [4.78, 5) is 28.2. The number of nitrogens with zero attached hydrogens (tertiary/aromatic N) is 1. The van der Waals surface area contributed by atoms with Crippen molar-refractivity contribution < 1.29 is 9.59 Å². The molecule has 2 N–H and O–H groups in total. The summed E-state index contributed by atoms with van der Waals surface area (Å²) in [6.07, 6.45) is 4.74. The van der Waals surface area contributed by atoms with Crippen molar-refractivity contribution >= 4 is 17.5 Å². The van der Waals surface area contributed by atoms with Gasteiger partial charge in [0.1, 0.15) is 0 Å². The van der Waals surface area contributed by atoms with Gasteiger partial charge in [0.15, 0.2) is 0 Å². The summed E-state index contributed by atoms with van der Waals surface area (Å²) >= 11 is 0. The molecule has 2 aromatic rings. The molecule has 5 heteroatoms. The normalized spacial score (nSPS) is 11.3. The summed E-state index contributed by atoms with van der Waals surface area (Å²) in [5.74, 6) is -0.0428. The molecule has 1 aromatic carbocycles. The van der Waals surface area contributed by atoms with Gasteiger partial charge in [0.2, 0.25) is 5.91 Å². The highest BCUT2D eigenvalue weighted by atomic mass is 16.2. The second kappa shape index (κ2) is 8.78. The van der Waals surface area contributed by atoms with E-state index in [1.165, 1.54) is 6.20 Å². The van der Waals surface area contributed by atoms with E-state index in [-0.39, 0.29) is 11.8 Å². The minimum atomic E-state index is -0.234. The standard InChI is InChI=1S/C20H23N3O2/c1-14(2)15(3)11-19(24)22-13-16-7-4-5-9-18(16)23-20(25)17-8-6-10-21-12-17/h4-12,14H,13H2,1-3H3,(H,22,24)(H,23,25)/b15-11+. The van der Waals surface area contributed by atoms with E-state index < -0.39 is 0 Å². The average molecular weight is 337 g/mol. The SMILES string of the molecule is C/C(=C\C(=O)NCc1ccccc1NC(=O)c1cccnc1)C(C)C. The molecule has 0 aliphatic carbocycles. The molecule has 0 atom stereocenters. The number of aromatic nitrogens is 1. The first-order chi connectivity index (χ1) is 12.0. The zero-order valence-electron chi connectivity index (χ0n) is 14.7. The molecule has 0 saturated carbocycles. The molecular weight excluding hydrogens is 314 g/mol. The third-order valence-corrected chi connectivity index (χ3v) is 3.91. The second-order valence-electron chi connectivity index (χ2n) is 6.11. The summed E-state index contributed by atoms with van der Waals surface area (Å²) < 4.78 is 0. The summed E-state index contributed by atoms with van der Waals surface area (Å²) in [5.41, 5.74) is 3.01. The Hall–Kier alpha value is -2.95. The predicted octanol–water partition coefficient (Wildman–Crippen LogP) is 3.55. The van der Waals surface area contributed by atoms with E-state index >= 15 is 0 Å². The Morgan fingerprint density at radius 2 is 1.92 bits per heavy atom. The fourth-order valence-corrected chi connectivity index (χ4v) is 2.09. The second-order valence-corrected chi connectivity index (χ2v) is 6.11. The Bertz CT molecular complexity index is 768. The molecule has 0 radical (unpaired) electrons. The van der Waals surface area contributed by atoms with Crippen LogP contribution in [0.1, 0.15) is 36.7 Å². The Kier molecular flexibility index (Phi) is 6.46. The largest absolute Gasteiger partial charge is 0.348 e. The molecule has 0 aliphatic rings. The van der Waals surface area contributed by atoms with E-state index in [0.29, 0.717) is 23.7 Å². The van der Waals surface area contributed by atoms with Gasteiger partial charge in [-0.1, -0.05) is 37.6 Å². The maximum atomic E-state index is 12.3. The number of anilines is 1. The van der Waals surface area contributed by atoms with Crippen LogP contribution in [0.15, 0.2) is 60.4 Å². The number of allylic oxidation sites excluding steroid dienone is 1. The number of carbonyl (C=O) groups is 2.